The predicted molar refractivity (Wildman–Crippen MR) is 257 cm³/mol. The molecule has 0 saturated carbocycles. The van der Waals surface area contributed by atoms with Crippen LogP contribution >= 0.6 is 0 Å². The van der Waals surface area contributed by atoms with Crippen molar-refractivity contribution in [3.63, 3.8) is 0 Å². The SMILES string of the molecule is C=CC=CCCCc1ccc(C2(c3cccc(CCCC=CC=C)c3)c3cc(-c4ccc(C(C)(C)C)cc4)ccc3-c3ccc(-c4ccc(C(C)(C)C)cc4)cc32)cc1. The molecule has 0 atom stereocenters. The average molecular weight is 771 g/mol. The largest absolute Gasteiger partial charge is 0.0991 e. The first-order valence-corrected chi connectivity index (χ1v) is 21.7. The maximum Gasteiger partial charge on any atom is 0.0714 e. The molecule has 0 bridgehead atoms. The second-order valence-electron chi connectivity index (χ2n) is 18.4. The Labute approximate surface area is 355 Å². The lowest BCUT2D eigenvalue weighted by Gasteiger charge is -2.35. The third-order valence-electron chi connectivity index (χ3n) is 12.3. The molecule has 0 fully saturated rings. The first-order valence-electron chi connectivity index (χ1n) is 21.7. The lowest BCUT2D eigenvalue weighted by atomic mass is 9.66. The van der Waals surface area contributed by atoms with Gasteiger partial charge in [-0.3, -0.25) is 0 Å². The summed E-state index contributed by atoms with van der Waals surface area (Å²) in [5.74, 6) is 0. The van der Waals surface area contributed by atoms with Crippen molar-refractivity contribution in [3.05, 3.63) is 228 Å². The van der Waals surface area contributed by atoms with Crippen LogP contribution in [-0.2, 0) is 29.1 Å². The van der Waals surface area contributed by atoms with Gasteiger partial charge in [0.25, 0.3) is 0 Å². The van der Waals surface area contributed by atoms with E-state index in [0.717, 1.165) is 38.5 Å². The molecule has 0 nitrogen and oxygen atoms in total. The van der Waals surface area contributed by atoms with Gasteiger partial charge in [-0.25, -0.2) is 0 Å². The molecule has 0 aliphatic heterocycles. The van der Waals surface area contributed by atoms with Crippen LogP contribution in [0.3, 0.4) is 0 Å². The second kappa shape index (κ2) is 17.6. The molecule has 298 valence electrons. The second-order valence-corrected chi connectivity index (χ2v) is 18.4. The molecule has 59 heavy (non-hydrogen) atoms. The van der Waals surface area contributed by atoms with Crippen molar-refractivity contribution < 1.29 is 0 Å². The van der Waals surface area contributed by atoms with Crippen molar-refractivity contribution in [2.24, 2.45) is 0 Å². The monoisotopic (exact) mass is 770 g/mol. The van der Waals surface area contributed by atoms with Crippen LogP contribution in [0.25, 0.3) is 33.4 Å². The molecular weight excluding hydrogens is 709 g/mol. The maximum absolute atomic E-state index is 3.86. The van der Waals surface area contributed by atoms with Gasteiger partial charge in [-0.1, -0.05) is 212 Å². The fourth-order valence-electron chi connectivity index (χ4n) is 8.91. The van der Waals surface area contributed by atoms with E-state index in [1.165, 1.54) is 77.9 Å². The van der Waals surface area contributed by atoms with Gasteiger partial charge in [0.15, 0.2) is 0 Å². The smallest absolute Gasteiger partial charge is 0.0714 e. The van der Waals surface area contributed by atoms with Crippen LogP contribution in [0.2, 0.25) is 0 Å². The fourth-order valence-corrected chi connectivity index (χ4v) is 8.91. The van der Waals surface area contributed by atoms with Crippen LogP contribution in [0.15, 0.2) is 183 Å². The Kier molecular flexibility index (Phi) is 12.4. The van der Waals surface area contributed by atoms with Crippen LogP contribution < -0.4 is 0 Å². The summed E-state index contributed by atoms with van der Waals surface area (Å²) >= 11 is 0. The molecule has 0 saturated heterocycles. The minimum Gasteiger partial charge on any atom is -0.0991 e. The zero-order valence-corrected chi connectivity index (χ0v) is 36.3. The summed E-state index contributed by atoms with van der Waals surface area (Å²) in [5.41, 5.74) is 18.0. The summed E-state index contributed by atoms with van der Waals surface area (Å²) in [6, 6.07) is 52.0. The molecule has 6 aromatic carbocycles. The molecule has 0 radical (unpaired) electrons. The molecular formula is C59H62. The van der Waals surface area contributed by atoms with Crippen molar-refractivity contribution in [1.82, 2.24) is 0 Å². The summed E-state index contributed by atoms with van der Waals surface area (Å²) in [6.07, 6.45) is 18.6. The van der Waals surface area contributed by atoms with Gasteiger partial charge in [-0.05, 0) is 139 Å². The Morgan fingerprint density at radius 1 is 0.458 bits per heavy atom. The minimum absolute atomic E-state index is 0.0967. The summed E-state index contributed by atoms with van der Waals surface area (Å²) in [6.45, 7) is 21.4. The van der Waals surface area contributed by atoms with Crippen LogP contribution in [0.1, 0.15) is 112 Å². The quantitative estimate of drug-likeness (QED) is 0.0763. The van der Waals surface area contributed by atoms with Gasteiger partial charge in [0.05, 0.1) is 5.41 Å². The van der Waals surface area contributed by atoms with E-state index in [1.807, 2.05) is 18.2 Å². The Balaban J connectivity index is 1.44. The molecule has 0 heteroatoms. The van der Waals surface area contributed by atoms with Gasteiger partial charge < -0.3 is 0 Å². The summed E-state index contributed by atoms with van der Waals surface area (Å²) < 4.78 is 0. The Hall–Kier alpha value is -5.72. The van der Waals surface area contributed by atoms with Crippen LogP contribution in [0.5, 0.6) is 0 Å². The van der Waals surface area contributed by atoms with Crippen LogP contribution in [0.4, 0.5) is 0 Å². The first kappa shape index (κ1) is 41.4. The van der Waals surface area contributed by atoms with E-state index in [0.29, 0.717) is 0 Å². The third-order valence-corrected chi connectivity index (χ3v) is 12.3. The topological polar surface area (TPSA) is 0 Å². The molecule has 0 N–H and O–H groups in total. The standard InChI is InChI=1S/C59H62/c1-9-11-13-15-17-20-43-24-32-51(33-25-43)59(52-23-19-22-44(40-52)21-18-16-14-12-10-2)55-41-47(45-26-34-49(35-27-45)57(3,4)5)30-38-53(55)54-39-31-48(42-56(54)59)46-28-36-50(37-29-46)58(6,7)8/h9-14,19,22-42H,1-2,15-18,20-21H2,3-8H3. The number of fused-ring (bicyclic) bond motifs is 3. The summed E-state index contributed by atoms with van der Waals surface area (Å²) in [4.78, 5) is 0. The van der Waals surface area contributed by atoms with E-state index in [2.05, 4.69) is 206 Å². The van der Waals surface area contributed by atoms with E-state index >= 15 is 0 Å². The van der Waals surface area contributed by atoms with Gasteiger partial charge in [-0.2, -0.15) is 0 Å². The highest BCUT2D eigenvalue weighted by molar-refractivity contribution is 5.90. The summed E-state index contributed by atoms with van der Waals surface area (Å²) in [5, 5.41) is 0. The number of benzene rings is 6. The first-order chi connectivity index (χ1) is 28.4. The number of hydrogen-bond donors (Lipinski definition) is 0. The molecule has 0 unspecified atom stereocenters. The van der Waals surface area contributed by atoms with Crippen LogP contribution in [0, 0.1) is 0 Å². The van der Waals surface area contributed by atoms with Gasteiger partial charge in [0, 0.05) is 0 Å². The predicted octanol–water partition coefficient (Wildman–Crippen LogP) is 16.1. The Morgan fingerprint density at radius 2 is 0.915 bits per heavy atom. The van der Waals surface area contributed by atoms with E-state index < -0.39 is 5.41 Å². The van der Waals surface area contributed by atoms with Crippen LogP contribution in [-0.4, -0.2) is 0 Å². The number of unbranched alkanes of at least 4 members (excludes halogenated alkanes) is 2. The molecule has 0 spiro atoms. The normalized spacial score (nSPS) is 13.5. The average Bonchev–Trinajstić information content (AvgIpc) is 3.53. The van der Waals surface area contributed by atoms with Gasteiger partial charge in [0.1, 0.15) is 0 Å². The number of hydrogen-bond acceptors (Lipinski definition) is 0. The number of aryl methyl sites for hydroxylation is 2. The summed E-state index contributed by atoms with van der Waals surface area (Å²) in [7, 11) is 0. The Bertz CT molecular complexity index is 2340. The molecule has 1 aliphatic rings. The zero-order chi connectivity index (χ0) is 41.6. The molecule has 0 aromatic heterocycles. The van der Waals surface area contributed by atoms with Crippen molar-refractivity contribution in [2.75, 3.05) is 0 Å². The lowest BCUT2D eigenvalue weighted by Crippen LogP contribution is -2.29. The molecule has 6 aromatic rings. The van der Waals surface area contributed by atoms with Crippen molar-refractivity contribution >= 4 is 0 Å². The van der Waals surface area contributed by atoms with Gasteiger partial charge in [0.2, 0.25) is 0 Å². The number of allylic oxidation sites excluding steroid dienone is 6. The highest BCUT2D eigenvalue weighted by Gasteiger charge is 2.46. The van der Waals surface area contributed by atoms with Crippen molar-refractivity contribution in [1.29, 1.82) is 0 Å². The lowest BCUT2D eigenvalue weighted by molar-refractivity contribution is 0.590. The molecule has 0 heterocycles. The van der Waals surface area contributed by atoms with E-state index in [-0.39, 0.29) is 10.8 Å². The van der Waals surface area contributed by atoms with E-state index in [4.69, 9.17) is 0 Å². The fraction of sp³-hybridized carbons (Fsp3) is 0.254. The van der Waals surface area contributed by atoms with Gasteiger partial charge in [-0.15, -0.1) is 0 Å². The molecule has 1 aliphatic carbocycles. The Morgan fingerprint density at radius 3 is 1.37 bits per heavy atom. The highest BCUT2D eigenvalue weighted by Crippen LogP contribution is 2.57. The molecule has 0 amide bonds. The van der Waals surface area contributed by atoms with E-state index in [9.17, 15) is 0 Å². The minimum atomic E-state index is -0.530. The zero-order valence-electron chi connectivity index (χ0n) is 36.3. The third kappa shape index (κ3) is 8.84. The number of rotatable bonds is 14. The van der Waals surface area contributed by atoms with Crippen molar-refractivity contribution in [3.8, 4) is 33.4 Å². The molecule has 7 rings (SSSR count). The highest BCUT2D eigenvalue weighted by atomic mass is 14.5. The van der Waals surface area contributed by atoms with Gasteiger partial charge >= 0.3 is 0 Å². The van der Waals surface area contributed by atoms with E-state index in [1.54, 1.807) is 0 Å². The van der Waals surface area contributed by atoms with Crippen molar-refractivity contribution in [2.45, 2.75) is 96.3 Å². The maximum atomic E-state index is 3.86.